The molecular weight excluding hydrogens is 300 g/mol. The third kappa shape index (κ3) is 3.00. The molecule has 2 rings (SSSR count). The van der Waals surface area contributed by atoms with Crippen molar-refractivity contribution >= 4 is 29.3 Å². The largest absolute Gasteiger partial charge is 0.496 e. The molecule has 1 fully saturated rings. The van der Waals surface area contributed by atoms with E-state index in [0.717, 1.165) is 0 Å². The molecule has 1 aliphatic rings. The quantitative estimate of drug-likeness (QED) is 0.482. The first-order valence-corrected chi connectivity index (χ1v) is 6.46. The number of Topliss-reactive ketones (excluding diaryl/α,β-unsaturated/α-hetero) is 1. The molecule has 0 N–H and O–H groups in total. The Kier molecular flexibility index (Phi) is 3.91. The molecular formula is C14H13ClO6. The van der Waals surface area contributed by atoms with Crippen LogP contribution in [0.3, 0.4) is 0 Å². The second-order valence-corrected chi connectivity index (χ2v) is 5.32. The number of esters is 2. The molecule has 0 aliphatic carbocycles. The minimum atomic E-state index is -1.66. The standard InChI is InChI=1S/C14H13ClO6/c1-14(2)20-12(17)10(13(18)21-14)11(16)8-5-4-7(15)6-9(8)19-3/h4-6,10H,1-3H3. The van der Waals surface area contributed by atoms with Crippen molar-refractivity contribution < 1.29 is 28.6 Å². The summed E-state index contributed by atoms with van der Waals surface area (Å²) in [6, 6.07) is 4.25. The molecule has 1 aromatic carbocycles. The number of benzene rings is 1. The van der Waals surface area contributed by atoms with Gasteiger partial charge in [0.25, 0.3) is 5.79 Å². The van der Waals surface area contributed by atoms with E-state index in [4.69, 9.17) is 25.8 Å². The van der Waals surface area contributed by atoms with Gasteiger partial charge in [0.15, 0.2) is 5.78 Å². The summed E-state index contributed by atoms with van der Waals surface area (Å²) in [5.74, 6) is -5.52. The van der Waals surface area contributed by atoms with Crippen LogP contribution in [0.4, 0.5) is 0 Å². The summed E-state index contributed by atoms with van der Waals surface area (Å²) in [5.41, 5.74) is 0.0560. The van der Waals surface area contributed by atoms with E-state index < -0.39 is 29.4 Å². The van der Waals surface area contributed by atoms with E-state index in [1.807, 2.05) is 0 Å². The molecule has 0 radical (unpaired) electrons. The zero-order chi connectivity index (χ0) is 15.8. The summed E-state index contributed by atoms with van der Waals surface area (Å²) in [4.78, 5) is 36.2. The number of cyclic esters (lactones) is 2. The zero-order valence-corrected chi connectivity index (χ0v) is 12.4. The molecule has 0 bridgehead atoms. The Morgan fingerprint density at radius 3 is 2.33 bits per heavy atom. The highest BCUT2D eigenvalue weighted by Crippen LogP contribution is 2.30. The van der Waals surface area contributed by atoms with E-state index in [1.54, 1.807) is 0 Å². The number of hydrogen-bond acceptors (Lipinski definition) is 6. The molecule has 0 aromatic heterocycles. The van der Waals surface area contributed by atoms with Crippen LogP contribution in [-0.2, 0) is 19.1 Å². The molecule has 112 valence electrons. The first-order valence-electron chi connectivity index (χ1n) is 6.08. The van der Waals surface area contributed by atoms with Crippen molar-refractivity contribution in [3.05, 3.63) is 28.8 Å². The van der Waals surface area contributed by atoms with E-state index in [1.165, 1.54) is 39.2 Å². The molecule has 6 nitrogen and oxygen atoms in total. The van der Waals surface area contributed by atoms with E-state index in [2.05, 4.69) is 0 Å². The van der Waals surface area contributed by atoms with Crippen molar-refractivity contribution in [1.29, 1.82) is 0 Å². The number of methoxy groups -OCH3 is 1. The molecule has 0 unspecified atom stereocenters. The van der Waals surface area contributed by atoms with Crippen molar-refractivity contribution in [3.63, 3.8) is 0 Å². The van der Waals surface area contributed by atoms with Gasteiger partial charge in [0.2, 0.25) is 5.92 Å². The van der Waals surface area contributed by atoms with Crippen molar-refractivity contribution in [1.82, 2.24) is 0 Å². The lowest BCUT2D eigenvalue weighted by Gasteiger charge is -2.32. The average molecular weight is 313 g/mol. The van der Waals surface area contributed by atoms with Crippen LogP contribution in [0.15, 0.2) is 18.2 Å². The highest BCUT2D eigenvalue weighted by Gasteiger charge is 2.48. The third-order valence-corrected chi connectivity index (χ3v) is 3.09. The number of ketones is 1. The van der Waals surface area contributed by atoms with E-state index in [9.17, 15) is 14.4 Å². The fourth-order valence-electron chi connectivity index (χ4n) is 1.96. The topological polar surface area (TPSA) is 78.9 Å². The van der Waals surface area contributed by atoms with Gasteiger partial charge in [-0.05, 0) is 18.2 Å². The van der Waals surface area contributed by atoms with Crippen molar-refractivity contribution in [2.75, 3.05) is 7.11 Å². The molecule has 1 heterocycles. The summed E-state index contributed by atoms with van der Waals surface area (Å²) in [6.07, 6.45) is 0. The van der Waals surface area contributed by atoms with Gasteiger partial charge in [-0.3, -0.25) is 14.4 Å². The Morgan fingerprint density at radius 1 is 1.24 bits per heavy atom. The minimum Gasteiger partial charge on any atom is -0.496 e. The number of ether oxygens (including phenoxy) is 3. The summed E-state index contributed by atoms with van der Waals surface area (Å²) < 4.78 is 14.9. The highest BCUT2D eigenvalue weighted by atomic mass is 35.5. The van der Waals surface area contributed by atoms with Gasteiger partial charge in [0, 0.05) is 18.9 Å². The van der Waals surface area contributed by atoms with Gasteiger partial charge < -0.3 is 14.2 Å². The Morgan fingerprint density at radius 2 is 1.81 bits per heavy atom. The van der Waals surface area contributed by atoms with Gasteiger partial charge in [-0.15, -0.1) is 0 Å². The molecule has 1 aromatic rings. The van der Waals surface area contributed by atoms with E-state index >= 15 is 0 Å². The predicted octanol–water partition coefficient (Wildman–Crippen LogP) is 1.98. The van der Waals surface area contributed by atoms with Crippen LogP contribution in [0.1, 0.15) is 24.2 Å². The van der Waals surface area contributed by atoms with Crippen LogP contribution < -0.4 is 4.74 Å². The maximum Gasteiger partial charge on any atom is 0.331 e. The summed E-state index contributed by atoms with van der Waals surface area (Å²) in [5, 5.41) is 0.360. The van der Waals surface area contributed by atoms with Gasteiger partial charge >= 0.3 is 11.9 Å². The van der Waals surface area contributed by atoms with Crippen molar-refractivity contribution in [2.24, 2.45) is 5.92 Å². The lowest BCUT2D eigenvalue weighted by molar-refractivity contribution is -0.236. The predicted molar refractivity (Wildman–Crippen MR) is 72.1 cm³/mol. The van der Waals surface area contributed by atoms with Crippen LogP contribution in [0.2, 0.25) is 5.02 Å². The van der Waals surface area contributed by atoms with Crippen molar-refractivity contribution in [2.45, 2.75) is 19.6 Å². The van der Waals surface area contributed by atoms with Gasteiger partial charge in [0.05, 0.1) is 12.7 Å². The van der Waals surface area contributed by atoms with Gasteiger partial charge in [-0.2, -0.15) is 0 Å². The van der Waals surface area contributed by atoms with Crippen LogP contribution >= 0.6 is 11.6 Å². The smallest absolute Gasteiger partial charge is 0.331 e. The normalized spacial score (nSPS) is 17.9. The molecule has 0 spiro atoms. The SMILES string of the molecule is COc1cc(Cl)ccc1C(=O)C1C(=O)OC(C)(C)OC1=O. The molecule has 0 amide bonds. The monoisotopic (exact) mass is 312 g/mol. The number of carbonyl (C=O) groups excluding carboxylic acids is 3. The lowest BCUT2D eigenvalue weighted by Crippen LogP contribution is -2.49. The van der Waals surface area contributed by atoms with Crippen LogP contribution in [0.25, 0.3) is 0 Å². The molecule has 1 aliphatic heterocycles. The second kappa shape index (κ2) is 5.37. The maximum atomic E-state index is 12.4. The Labute approximate surface area is 125 Å². The Hall–Kier alpha value is -2.08. The van der Waals surface area contributed by atoms with Gasteiger partial charge in [0.1, 0.15) is 5.75 Å². The molecule has 0 saturated carbocycles. The van der Waals surface area contributed by atoms with Crippen LogP contribution in [0.5, 0.6) is 5.75 Å². The summed E-state index contributed by atoms with van der Waals surface area (Å²) in [7, 11) is 1.35. The fourth-order valence-corrected chi connectivity index (χ4v) is 2.12. The molecule has 7 heteroatoms. The van der Waals surface area contributed by atoms with E-state index in [0.29, 0.717) is 5.02 Å². The minimum absolute atomic E-state index is 0.0560. The number of hydrogen-bond donors (Lipinski definition) is 0. The maximum absolute atomic E-state index is 12.4. The Balaban J connectivity index is 2.36. The van der Waals surface area contributed by atoms with E-state index in [-0.39, 0.29) is 11.3 Å². The average Bonchev–Trinajstić information content (AvgIpc) is 2.35. The third-order valence-electron chi connectivity index (χ3n) is 2.86. The van der Waals surface area contributed by atoms with Crippen molar-refractivity contribution in [3.8, 4) is 5.75 Å². The molecule has 1 saturated heterocycles. The first kappa shape index (κ1) is 15.3. The summed E-state index contributed by atoms with van der Waals surface area (Å²) in [6.45, 7) is 2.82. The fraction of sp³-hybridized carbons (Fsp3) is 0.357. The number of halogens is 1. The zero-order valence-electron chi connectivity index (χ0n) is 11.6. The molecule has 0 atom stereocenters. The van der Waals surface area contributed by atoms with Gasteiger partial charge in [-0.1, -0.05) is 11.6 Å². The van der Waals surface area contributed by atoms with Gasteiger partial charge in [-0.25, -0.2) is 0 Å². The molecule has 21 heavy (non-hydrogen) atoms. The van der Waals surface area contributed by atoms with Crippen LogP contribution in [-0.4, -0.2) is 30.6 Å². The number of rotatable bonds is 3. The summed E-state index contributed by atoms with van der Waals surface area (Å²) >= 11 is 5.81. The Bertz CT molecular complexity index is 602. The van der Waals surface area contributed by atoms with Crippen LogP contribution in [0, 0.1) is 5.92 Å². The second-order valence-electron chi connectivity index (χ2n) is 4.88. The lowest BCUT2D eigenvalue weighted by atomic mass is 9.96. The first-order chi connectivity index (χ1) is 9.75. The number of carbonyl (C=O) groups is 3. The highest BCUT2D eigenvalue weighted by molar-refractivity contribution is 6.31.